The van der Waals surface area contributed by atoms with Gasteiger partial charge in [0.1, 0.15) is 0 Å². The number of carbonyl (C=O) groups excluding carboxylic acids is 1. The zero-order valence-corrected chi connectivity index (χ0v) is 13.8. The number of aliphatic imine (C=N–C) groups is 1. The number of nitrogens with zero attached hydrogens (tertiary/aromatic N) is 1. The number of methoxy groups -OCH3 is 1. The topological polar surface area (TPSA) is 74.8 Å². The van der Waals surface area contributed by atoms with Crippen molar-refractivity contribution in [1.29, 1.82) is 0 Å². The average Bonchev–Trinajstić information content (AvgIpc) is 2.52. The van der Waals surface area contributed by atoms with Gasteiger partial charge in [0, 0.05) is 38.9 Å². The molecule has 1 amide bonds. The van der Waals surface area contributed by atoms with Gasteiger partial charge in [-0.05, 0) is 31.5 Å². The van der Waals surface area contributed by atoms with E-state index in [4.69, 9.17) is 4.74 Å². The number of benzene rings is 1. The van der Waals surface area contributed by atoms with Crippen LogP contribution in [0.5, 0.6) is 0 Å². The second kappa shape index (κ2) is 9.78. The van der Waals surface area contributed by atoms with Crippen molar-refractivity contribution in [2.45, 2.75) is 26.4 Å². The van der Waals surface area contributed by atoms with Gasteiger partial charge in [-0.25, -0.2) is 0 Å². The predicted octanol–water partition coefficient (Wildman–Crippen LogP) is 1.14. The van der Waals surface area contributed by atoms with Gasteiger partial charge in [0.25, 0.3) is 5.91 Å². The van der Waals surface area contributed by atoms with Gasteiger partial charge in [-0.3, -0.25) is 9.79 Å². The first-order valence-corrected chi connectivity index (χ1v) is 7.44. The van der Waals surface area contributed by atoms with E-state index in [1.165, 1.54) is 0 Å². The zero-order valence-electron chi connectivity index (χ0n) is 13.8. The lowest BCUT2D eigenvalue weighted by Gasteiger charge is -2.17. The lowest BCUT2D eigenvalue weighted by molar-refractivity contribution is 0.0955. The third kappa shape index (κ3) is 6.13. The van der Waals surface area contributed by atoms with Crippen LogP contribution in [0.2, 0.25) is 0 Å². The number of ether oxygens (including phenoxy) is 1. The van der Waals surface area contributed by atoms with Gasteiger partial charge >= 0.3 is 0 Å². The summed E-state index contributed by atoms with van der Waals surface area (Å²) >= 11 is 0. The number of nitrogens with one attached hydrogen (secondary N) is 3. The van der Waals surface area contributed by atoms with E-state index in [2.05, 4.69) is 20.9 Å². The van der Waals surface area contributed by atoms with E-state index in [1.54, 1.807) is 14.2 Å². The summed E-state index contributed by atoms with van der Waals surface area (Å²) in [5.74, 6) is 0.647. The second-order valence-electron chi connectivity index (χ2n) is 4.99. The molecule has 0 radical (unpaired) electrons. The summed E-state index contributed by atoms with van der Waals surface area (Å²) in [4.78, 5) is 16.0. The van der Waals surface area contributed by atoms with Gasteiger partial charge in [-0.15, -0.1) is 0 Å². The standard InChI is InChI=1S/C16H26N4O2/c1-5-18-15(21)14-8-6-7-13(9-14)10-19-16(17-3)20-12(2)11-22-4/h6-9,12H,5,10-11H2,1-4H3,(H,18,21)(H2,17,19,20). The number of hydrogen-bond acceptors (Lipinski definition) is 3. The molecule has 0 heterocycles. The van der Waals surface area contributed by atoms with Crippen molar-refractivity contribution in [3.8, 4) is 0 Å². The summed E-state index contributed by atoms with van der Waals surface area (Å²) in [6.07, 6.45) is 0. The Hall–Kier alpha value is -2.08. The molecular formula is C16H26N4O2. The monoisotopic (exact) mass is 306 g/mol. The van der Waals surface area contributed by atoms with Crippen LogP contribution in [0.15, 0.2) is 29.3 Å². The molecule has 0 bridgehead atoms. The molecule has 0 aliphatic carbocycles. The fraction of sp³-hybridized carbons (Fsp3) is 0.500. The maximum atomic E-state index is 11.8. The summed E-state index contributed by atoms with van der Waals surface area (Å²) < 4.78 is 5.09. The lowest BCUT2D eigenvalue weighted by atomic mass is 10.1. The number of rotatable bonds is 7. The molecule has 0 saturated heterocycles. The van der Waals surface area contributed by atoms with Crippen LogP contribution in [0.1, 0.15) is 29.8 Å². The Bertz CT molecular complexity index is 503. The SMILES string of the molecule is CCNC(=O)c1cccc(CNC(=NC)NC(C)COC)c1. The fourth-order valence-electron chi connectivity index (χ4n) is 1.99. The zero-order chi connectivity index (χ0) is 16.4. The molecule has 6 heteroatoms. The van der Waals surface area contributed by atoms with E-state index >= 15 is 0 Å². The summed E-state index contributed by atoms with van der Waals surface area (Å²) in [5.41, 5.74) is 1.68. The number of carbonyl (C=O) groups is 1. The molecule has 1 rings (SSSR count). The van der Waals surface area contributed by atoms with E-state index in [-0.39, 0.29) is 11.9 Å². The first-order valence-electron chi connectivity index (χ1n) is 7.44. The lowest BCUT2D eigenvalue weighted by Crippen LogP contribution is -2.43. The molecule has 0 spiro atoms. The smallest absolute Gasteiger partial charge is 0.251 e. The van der Waals surface area contributed by atoms with Crippen molar-refractivity contribution in [3.05, 3.63) is 35.4 Å². The van der Waals surface area contributed by atoms with E-state index in [9.17, 15) is 4.79 Å². The second-order valence-corrected chi connectivity index (χ2v) is 4.99. The Labute approximate surface area is 132 Å². The maximum Gasteiger partial charge on any atom is 0.251 e. The van der Waals surface area contributed by atoms with Crippen LogP contribution in [-0.4, -0.2) is 45.2 Å². The van der Waals surface area contributed by atoms with Crippen molar-refractivity contribution in [1.82, 2.24) is 16.0 Å². The molecule has 6 nitrogen and oxygen atoms in total. The molecule has 122 valence electrons. The molecule has 22 heavy (non-hydrogen) atoms. The van der Waals surface area contributed by atoms with Crippen LogP contribution in [0.25, 0.3) is 0 Å². The van der Waals surface area contributed by atoms with Gasteiger partial charge in [0.15, 0.2) is 5.96 Å². The molecule has 1 aromatic carbocycles. The Kier molecular flexibility index (Phi) is 7.99. The molecule has 1 aromatic rings. The van der Waals surface area contributed by atoms with Gasteiger partial charge in [0.2, 0.25) is 0 Å². The summed E-state index contributed by atoms with van der Waals surface area (Å²) in [6, 6.07) is 7.71. The molecule has 3 N–H and O–H groups in total. The van der Waals surface area contributed by atoms with Crippen LogP contribution < -0.4 is 16.0 Å². The van der Waals surface area contributed by atoms with Gasteiger partial charge in [-0.2, -0.15) is 0 Å². The Morgan fingerprint density at radius 1 is 1.36 bits per heavy atom. The summed E-state index contributed by atoms with van der Waals surface area (Å²) in [5, 5.41) is 9.25. The maximum absolute atomic E-state index is 11.8. The Balaban J connectivity index is 2.59. The van der Waals surface area contributed by atoms with E-state index in [0.29, 0.717) is 31.2 Å². The molecule has 1 atom stereocenters. The highest BCUT2D eigenvalue weighted by atomic mass is 16.5. The van der Waals surface area contributed by atoms with Gasteiger partial charge in [0.05, 0.1) is 6.61 Å². The first-order chi connectivity index (χ1) is 10.6. The molecule has 0 saturated carbocycles. The van der Waals surface area contributed by atoms with Crippen molar-refractivity contribution < 1.29 is 9.53 Å². The van der Waals surface area contributed by atoms with Gasteiger partial charge < -0.3 is 20.7 Å². The number of hydrogen-bond donors (Lipinski definition) is 3. The Morgan fingerprint density at radius 3 is 2.77 bits per heavy atom. The number of amides is 1. The van der Waals surface area contributed by atoms with Gasteiger partial charge in [-0.1, -0.05) is 12.1 Å². The van der Waals surface area contributed by atoms with E-state index < -0.39 is 0 Å². The largest absolute Gasteiger partial charge is 0.383 e. The predicted molar refractivity (Wildman–Crippen MR) is 89.1 cm³/mol. The van der Waals surface area contributed by atoms with Crippen molar-refractivity contribution in [2.75, 3.05) is 27.3 Å². The van der Waals surface area contributed by atoms with Crippen LogP contribution >= 0.6 is 0 Å². The fourth-order valence-corrected chi connectivity index (χ4v) is 1.99. The average molecular weight is 306 g/mol. The van der Waals surface area contributed by atoms with E-state index in [0.717, 1.165) is 5.56 Å². The molecule has 0 aromatic heterocycles. The minimum absolute atomic E-state index is 0.0550. The van der Waals surface area contributed by atoms with Crippen LogP contribution in [0.3, 0.4) is 0 Å². The first kappa shape index (κ1) is 18.0. The highest BCUT2D eigenvalue weighted by Gasteiger charge is 2.07. The molecular weight excluding hydrogens is 280 g/mol. The third-order valence-corrected chi connectivity index (χ3v) is 3.01. The molecule has 0 aliphatic rings. The highest BCUT2D eigenvalue weighted by molar-refractivity contribution is 5.94. The molecule has 0 aliphatic heterocycles. The molecule has 1 unspecified atom stereocenters. The van der Waals surface area contributed by atoms with Crippen LogP contribution in [0.4, 0.5) is 0 Å². The van der Waals surface area contributed by atoms with Crippen molar-refractivity contribution in [2.24, 2.45) is 4.99 Å². The highest BCUT2D eigenvalue weighted by Crippen LogP contribution is 2.05. The van der Waals surface area contributed by atoms with Crippen molar-refractivity contribution >= 4 is 11.9 Å². The van der Waals surface area contributed by atoms with E-state index in [1.807, 2.05) is 38.1 Å². The summed E-state index contributed by atoms with van der Waals surface area (Å²) in [7, 11) is 3.39. The summed E-state index contributed by atoms with van der Waals surface area (Å²) in [6.45, 7) is 5.74. The third-order valence-electron chi connectivity index (χ3n) is 3.01. The van der Waals surface area contributed by atoms with Crippen molar-refractivity contribution in [3.63, 3.8) is 0 Å². The normalized spacial score (nSPS) is 12.6. The number of guanidine groups is 1. The van der Waals surface area contributed by atoms with Crippen LogP contribution in [0, 0.1) is 0 Å². The quantitative estimate of drug-likeness (QED) is 0.521. The van der Waals surface area contributed by atoms with Crippen LogP contribution in [-0.2, 0) is 11.3 Å². The minimum atomic E-state index is -0.0550. The Morgan fingerprint density at radius 2 is 2.14 bits per heavy atom. The molecule has 0 fully saturated rings. The minimum Gasteiger partial charge on any atom is -0.383 e.